The average Bonchev–Trinajstić information content (AvgIpc) is 3.23. The molecule has 2 aromatic carbocycles. The highest BCUT2D eigenvalue weighted by molar-refractivity contribution is 8.03. The van der Waals surface area contributed by atoms with E-state index in [2.05, 4.69) is 84.9 Å². The van der Waals surface area contributed by atoms with E-state index in [0.717, 1.165) is 46.1 Å². The summed E-state index contributed by atoms with van der Waals surface area (Å²) in [5.74, 6) is 0.494. The Morgan fingerprint density at radius 2 is 1.90 bits per heavy atom. The Hall–Kier alpha value is -3.07. The lowest BCUT2D eigenvalue weighted by Gasteiger charge is -2.31. The van der Waals surface area contributed by atoms with Gasteiger partial charge in [-0.1, -0.05) is 43.8 Å². The molecule has 0 unspecified atom stereocenters. The number of para-hydroxylation sites is 1. The smallest absolute Gasteiger partial charge is 0.213 e. The van der Waals surface area contributed by atoms with Crippen molar-refractivity contribution in [3.8, 4) is 5.75 Å². The molecule has 2 aliphatic rings. The first-order chi connectivity index (χ1) is 19.0. The summed E-state index contributed by atoms with van der Waals surface area (Å²) in [6, 6.07) is 18.7. The van der Waals surface area contributed by atoms with Gasteiger partial charge in [0.25, 0.3) is 0 Å². The lowest BCUT2D eigenvalue weighted by atomic mass is 9.75. The molecule has 0 amide bonds. The van der Waals surface area contributed by atoms with Gasteiger partial charge < -0.3 is 14.2 Å². The zero-order valence-corrected chi connectivity index (χ0v) is 25.1. The number of methoxy groups -OCH3 is 1. The number of fused-ring (bicyclic) bond motifs is 2. The summed E-state index contributed by atoms with van der Waals surface area (Å²) in [6.45, 7) is 8.12. The molecule has 0 radical (unpaired) electrons. The van der Waals surface area contributed by atoms with Gasteiger partial charge in [0.2, 0.25) is 11.2 Å². The van der Waals surface area contributed by atoms with E-state index in [0.29, 0.717) is 13.0 Å². The van der Waals surface area contributed by atoms with Crippen LogP contribution in [0.4, 0.5) is 5.69 Å². The van der Waals surface area contributed by atoms with Crippen LogP contribution < -0.4 is 14.2 Å². The summed E-state index contributed by atoms with van der Waals surface area (Å²) in [7, 11) is -2.55. The minimum Gasteiger partial charge on any atom is -0.748 e. The van der Waals surface area contributed by atoms with Crippen molar-refractivity contribution >= 4 is 44.5 Å². The van der Waals surface area contributed by atoms with Crippen LogP contribution in [0.1, 0.15) is 45.7 Å². The summed E-state index contributed by atoms with van der Waals surface area (Å²) in [5, 5.41) is 2.21. The molecule has 40 heavy (non-hydrogen) atoms. The van der Waals surface area contributed by atoms with Gasteiger partial charge in [0.15, 0.2) is 0 Å². The summed E-state index contributed by atoms with van der Waals surface area (Å²) >= 11 is 1.70. The van der Waals surface area contributed by atoms with Crippen LogP contribution in [0.3, 0.4) is 0 Å². The number of hydrogen-bond acceptors (Lipinski definition) is 6. The molecule has 0 N–H and O–H groups in total. The number of nitrogens with zero attached hydrogens (tertiary/aromatic N) is 2. The Balaban J connectivity index is 1.50. The van der Waals surface area contributed by atoms with Crippen molar-refractivity contribution in [2.24, 2.45) is 5.41 Å². The number of anilines is 1. The van der Waals surface area contributed by atoms with Crippen LogP contribution in [-0.2, 0) is 16.7 Å². The van der Waals surface area contributed by atoms with Crippen LogP contribution in [0.25, 0.3) is 17.0 Å². The van der Waals surface area contributed by atoms with Crippen molar-refractivity contribution < 1.29 is 22.3 Å². The van der Waals surface area contributed by atoms with E-state index in [9.17, 15) is 13.0 Å². The molecular weight excluding hydrogens is 540 g/mol. The Morgan fingerprint density at radius 1 is 1.10 bits per heavy atom. The van der Waals surface area contributed by atoms with Crippen LogP contribution in [0.15, 0.2) is 87.8 Å². The zero-order chi connectivity index (χ0) is 28.5. The highest BCUT2D eigenvalue weighted by atomic mass is 32.2. The molecule has 5 rings (SSSR count). The van der Waals surface area contributed by atoms with Crippen LogP contribution in [0, 0.1) is 5.41 Å². The predicted octanol–water partition coefficient (Wildman–Crippen LogP) is 6.67. The van der Waals surface area contributed by atoms with Crippen LogP contribution in [0.5, 0.6) is 5.75 Å². The Bertz CT molecular complexity index is 1640. The van der Waals surface area contributed by atoms with E-state index in [1.807, 2.05) is 18.2 Å². The normalized spacial score (nSPS) is 18.8. The van der Waals surface area contributed by atoms with Crippen LogP contribution in [-0.4, -0.2) is 32.4 Å². The summed E-state index contributed by atoms with van der Waals surface area (Å²) < 4.78 is 41.5. The SMILES string of the molecule is CC[n+]1c(/C=C2C=C(/C=C3/Sc4ccccc4N3CCCS(=O)(=O)[O-])CC(C)(C)C/2)ccc2cc(OC)ccc21. The van der Waals surface area contributed by atoms with Gasteiger partial charge in [-0.05, 0) is 79.2 Å². The third kappa shape index (κ3) is 6.45. The number of benzene rings is 2. The topological polar surface area (TPSA) is 73.6 Å². The van der Waals surface area contributed by atoms with Crippen molar-refractivity contribution in [1.29, 1.82) is 0 Å². The van der Waals surface area contributed by atoms with Crippen molar-refractivity contribution in [2.45, 2.75) is 51.5 Å². The number of pyridine rings is 1. The molecule has 210 valence electrons. The fourth-order valence-corrected chi connectivity index (χ4v) is 7.40. The van der Waals surface area contributed by atoms with Crippen LogP contribution in [0.2, 0.25) is 0 Å². The third-order valence-electron chi connectivity index (χ3n) is 7.38. The van der Waals surface area contributed by atoms with E-state index in [1.165, 1.54) is 22.4 Å². The van der Waals surface area contributed by atoms with E-state index in [4.69, 9.17) is 4.74 Å². The van der Waals surface area contributed by atoms with Gasteiger partial charge >= 0.3 is 0 Å². The minimum absolute atomic E-state index is 0.0891. The van der Waals surface area contributed by atoms with Crippen LogP contribution >= 0.6 is 11.8 Å². The van der Waals surface area contributed by atoms with Crippen molar-refractivity contribution in [3.63, 3.8) is 0 Å². The summed E-state index contributed by atoms with van der Waals surface area (Å²) in [6.07, 6.45) is 9.06. The highest BCUT2D eigenvalue weighted by Gasteiger charge is 2.29. The first-order valence-corrected chi connectivity index (χ1v) is 16.1. The van der Waals surface area contributed by atoms with Gasteiger partial charge in [-0.3, -0.25) is 0 Å². The molecule has 8 heteroatoms. The second-order valence-corrected chi connectivity index (χ2v) is 13.8. The fourth-order valence-electron chi connectivity index (χ4n) is 5.75. The van der Waals surface area contributed by atoms with E-state index in [1.54, 1.807) is 18.9 Å². The predicted molar refractivity (Wildman–Crippen MR) is 162 cm³/mol. The fraction of sp³-hybridized carbons (Fsp3) is 0.344. The molecule has 6 nitrogen and oxygen atoms in total. The Labute approximate surface area is 241 Å². The van der Waals surface area contributed by atoms with Gasteiger partial charge in [-0.25, -0.2) is 8.42 Å². The second-order valence-electron chi connectivity index (χ2n) is 11.2. The Morgan fingerprint density at radius 3 is 2.65 bits per heavy atom. The molecular formula is C32H36N2O4S2. The van der Waals surface area contributed by atoms with Crippen molar-refractivity contribution in [2.75, 3.05) is 24.3 Å². The number of aryl methyl sites for hydroxylation is 1. The number of rotatable bonds is 8. The lowest BCUT2D eigenvalue weighted by molar-refractivity contribution is -0.669. The van der Waals surface area contributed by atoms with Crippen molar-refractivity contribution in [3.05, 3.63) is 88.6 Å². The van der Waals surface area contributed by atoms with Gasteiger partial charge in [0.05, 0.1) is 33.3 Å². The number of ether oxygens (including phenoxy) is 1. The molecule has 3 aromatic rings. The van der Waals surface area contributed by atoms with E-state index in [-0.39, 0.29) is 11.2 Å². The molecule has 0 saturated heterocycles. The maximum Gasteiger partial charge on any atom is 0.213 e. The number of aromatic nitrogens is 1. The van der Waals surface area contributed by atoms with Gasteiger partial charge in [-0.15, -0.1) is 0 Å². The van der Waals surface area contributed by atoms with Gasteiger partial charge in [0, 0.05) is 35.4 Å². The monoisotopic (exact) mass is 576 g/mol. The largest absolute Gasteiger partial charge is 0.748 e. The number of allylic oxidation sites excluding steroid dienone is 4. The standard InChI is InChI=1S/C32H36N2O4S2/c1-5-33-26(12-11-25-20-27(38-4)13-14-28(25)33)18-23-17-24(22-32(2,3)21-23)19-31-34(15-8-16-40(35,36)37)29-9-6-7-10-30(29)39-31/h6-7,9-14,17-20H,5,8,15-16,21-22H2,1-4H3. The first-order valence-electron chi connectivity index (χ1n) is 13.7. The zero-order valence-electron chi connectivity index (χ0n) is 23.5. The molecule has 1 aliphatic heterocycles. The van der Waals surface area contributed by atoms with Gasteiger partial charge in [-0.2, -0.15) is 4.57 Å². The maximum atomic E-state index is 11.2. The molecule has 0 saturated carbocycles. The van der Waals surface area contributed by atoms with E-state index >= 15 is 0 Å². The summed E-state index contributed by atoms with van der Waals surface area (Å²) in [4.78, 5) is 3.29. The first kappa shape index (κ1) is 28.5. The molecule has 0 bridgehead atoms. The molecule has 0 atom stereocenters. The molecule has 0 spiro atoms. The lowest BCUT2D eigenvalue weighted by Crippen LogP contribution is -2.36. The number of hydrogen-bond donors (Lipinski definition) is 0. The average molecular weight is 577 g/mol. The summed E-state index contributed by atoms with van der Waals surface area (Å²) in [5.41, 5.74) is 6.01. The van der Waals surface area contributed by atoms with E-state index < -0.39 is 10.1 Å². The highest BCUT2D eigenvalue weighted by Crippen LogP contribution is 2.47. The molecule has 2 heterocycles. The maximum absolute atomic E-state index is 11.2. The van der Waals surface area contributed by atoms with Gasteiger partial charge in [0.1, 0.15) is 12.3 Å². The quantitative estimate of drug-likeness (QED) is 0.220. The second kappa shape index (κ2) is 11.4. The molecule has 0 fully saturated rings. The Kier molecular flexibility index (Phi) is 8.13. The molecule has 1 aromatic heterocycles. The minimum atomic E-state index is -4.24. The number of thioether (sulfide) groups is 1. The van der Waals surface area contributed by atoms with Crippen molar-refractivity contribution in [1.82, 2.24) is 0 Å². The third-order valence-corrected chi connectivity index (χ3v) is 9.28. The molecule has 1 aliphatic carbocycles.